The maximum Gasteiger partial charge on any atom is 0.293 e. The number of aromatic nitrogens is 4. The van der Waals surface area contributed by atoms with Gasteiger partial charge in [0, 0.05) is 42.0 Å². The van der Waals surface area contributed by atoms with E-state index in [0.29, 0.717) is 43.5 Å². The third-order valence-corrected chi connectivity index (χ3v) is 10.4. The first-order chi connectivity index (χ1) is 24.3. The number of alkyl halides is 4. The lowest BCUT2D eigenvalue weighted by atomic mass is 9.92. The third-order valence-electron chi connectivity index (χ3n) is 8.98. The summed E-state index contributed by atoms with van der Waals surface area (Å²) in [4.78, 5) is 22.9. The Morgan fingerprint density at radius 3 is 2.61 bits per heavy atom. The van der Waals surface area contributed by atoms with E-state index in [4.69, 9.17) is 22.3 Å². The molecule has 7 rings (SSSR count). The summed E-state index contributed by atoms with van der Waals surface area (Å²) in [7, 11) is 1.65. The highest BCUT2D eigenvalue weighted by Crippen LogP contribution is 2.68. The van der Waals surface area contributed by atoms with E-state index in [0.717, 1.165) is 24.1 Å². The zero-order chi connectivity index (χ0) is 36.4. The quantitative estimate of drug-likeness (QED) is 0.0544. The van der Waals surface area contributed by atoms with Gasteiger partial charge in [0.15, 0.2) is 5.65 Å². The molecule has 18 heteroatoms. The van der Waals surface area contributed by atoms with Crippen LogP contribution in [-0.4, -0.2) is 44.8 Å². The van der Waals surface area contributed by atoms with Crippen molar-refractivity contribution < 1.29 is 31.1 Å². The van der Waals surface area contributed by atoms with Gasteiger partial charge in [-0.15, -0.1) is 11.3 Å². The zero-order valence-corrected chi connectivity index (χ0v) is 29.0. The Balaban J connectivity index is 1.35. The number of nitrogens with one attached hydrogen (secondary N) is 2. The number of halogens is 7. The average molecular weight is 765 g/mol. The second-order valence-electron chi connectivity index (χ2n) is 12.1. The first-order valence-corrected chi connectivity index (χ1v) is 17.9. The van der Waals surface area contributed by atoms with E-state index in [1.54, 1.807) is 37.0 Å². The van der Waals surface area contributed by atoms with Crippen LogP contribution in [-0.2, 0) is 23.7 Å². The fourth-order valence-electron chi connectivity index (χ4n) is 6.88. The Labute approximate surface area is 299 Å². The molecule has 5 aromatic rings. The van der Waals surface area contributed by atoms with Crippen molar-refractivity contribution in [2.75, 3.05) is 18.6 Å². The predicted molar refractivity (Wildman–Crippen MR) is 185 cm³/mol. The molecule has 2 aliphatic rings. The standard InChI is InChI=1S/C33H27ClF6N8OS2/c1-42-27-16(3-4-20(34)25(27)31(41)47-50-2)17-10-22-32(43-12-51-22)45-26(17)21(7-13-5-14(35)8-15(36)6-13)44-23(49)11-48-29-24(28(46-48)30(37)38)18-9-19(18)33(29,39)40/h3-6,8,10,12,18-19,21,30,42H,7,9,11H2,1-2H3,(H2,41,47)(H,44,49). The molecule has 0 aliphatic heterocycles. The Bertz CT molecular complexity index is 2210. The van der Waals surface area contributed by atoms with Crippen LogP contribution in [0.1, 0.15) is 58.6 Å². The van der Waals surface area contributed by atoms with E-state index in [-0.39, 0.29) is 40.5 Å². The summed E-state index contributed by atoms with van der Waals surface area (Å²) in [5, 5.41) is 9.92. The highest BCUT2D eigenvalue weighted by atomic mass is 35.5. The third kappa shape index (κ3) is 6.28. The summed E-state index contributed by atoms with van der Waals surface area (Å²) in [6.07, 6.45) is -1.55. The molecule has 1 saturated carbocycles. The summed E-state index contributed by atoms with van der Waals surface area (Å²) in [5.41, 5.74) is 8.64. The number of rotatable bonds is 11. The highest BCUT2D eigenvalue weighted by Gasteiger charge is 2.67. The van der Waals surface area contributed by atoms with Crippen LogP contribution >= 0.6 is 34.9 Å². The number of benzene rings is 2. The number of hydrogen-bond donors (Lipinski definition) is 3. The van der Waals surface area contributed by atoms with Crippen molar-refractivity contribution in [2.24, 2.45) is 16.0 Å². The molecule has 3 unspecified atom stereocenters. The van der Waals surface area contributed by atoms with Gasteiger partial charge in [0.2, 0.25) is 5.91 Å². The molecule has 0 spiro atoms. The van der Waals surface area contributed by atoms with Gasteiger partial charge >= 0.3 is 0 Å². The molecule has 0 radical (unpaired) electrons. The summed E-state index contributed by atoms with van der Waals surface area (Å²) < 4.78 is 92.8. The number of nitrogens with zero attached hydrogens (tertiary/aromatic N) is 5. The molecule has 2 aromatic carbocycles. The lowest BCUT2D eigenvalue weighted by Gasteiger charge is -2.24. The van der Waals surface area contributed by atoms with Gasteiger partial charge < -0.3 is 16.4 Å². The maximum atomic E-state index is 15.3. The number of amides is 1. The fourth-order valence-corrected chi connectivity index (χ4v) is 8.08. The van der Waals surface area contributed by atoms with Crippen molar-refractivity contribution in [1.82, 2.24) is 25.1 Å². The molecule has 1 fully saturated rings. The maximum absolute atomic E-state index is 15.3. The van der Waals surface area contributed by atoms with Gasteiger partial charge in [0.1, 0.15) is 35.4 Å². The van der Waals surface area contributed by atoms with E-state index in [1.807, 2.05) is 0 Å². The topological polar surface area (TPSA) is 123 Å². The number of hydrogen-bond acceptors (Lipinski definition) is 8. The van der Waals surface area contributed by atoms with Crippen molar-refractivity contribution in [3.8, 4) is 11.1 Å². The molecule has 0 saturated heterocycles. The van der Waals surface area contributed by atoms with Crippen molar-refractivity contribution in [3.05, 3.63) is 92.3 Å². The molecule has 3 aromatic heterocycles. The average Bonchev–Trinajstić information content (AvgIpc) is 3.48. The SMILES string of the molecule is CNc1c(-c2cc3scnc3nc2C(Cc2cc(F)cc(F)c2)NC(=O)Cn2nc(C(F)F)c3c2C(F)(F)C2CC32)ccc(Cl)c1/C(N)=N/SC. The van der Waals surface area contributed by atoms with E-state index in [1.165, 1.54) is 11.3 Å². The lowest BCUT2D eigenvalue weighted by Crippen LogP contribution is -2.35. The molecular weight excluding hydrogens is 738 g/mol. The van der Waals surface area contributed by atoms with Crippen molar-refractivity contribution >= 4 is 62.7 Å². The molecule has 266 valence electrons. The van der Waals surface area contributed by atoms with Gasteiger partial charge in [-0.3, -0.25) is 9.48 Å². The second kappa shape index (κ2) is 13.3. The number of nitrogens with two attached hydrogens (primary N) is 1. The molecule has 3 heterocycles. The van der Waals surface area contributed by atoms with Crippen LogP contribution in [0.2, 0.25) is 5.02 Å². The number of carbonyl (C=O) groups excluding carboxylic acids is 1. The first-order valence-electron chi connectivity index (χ1n) is 15.4. The van der Waals surface area contributed by atoms with E-state index in [2.05, 4.69) is 25.1 Å². The number of fused-ring (bicyclic) bond motifs is 4. The Hall–Kier alpha value is -4.35. The van der Waals surface area contributed by atoms with E-state index < -0.39 is 65.7 Å². The van der Waals surface area contributed by atoms with Crippen LogP contribution in [0, 0.1) is 17.6 Å². The number of pyridine rings is 1. The number of thiazole rings is 1. The van der Waals surface area contributed by atoms with Gasteiger partial charge in [-0.2, -0.15) is 18.3 Å². The van der Waals surface area contributed by atoms with Gasteiger partial charge in [-0.25, -0.2) is 27.5 Å². The normalized spacial score (nSPS) is 18.2. The Kier molecular flexibility index (Phi) is 9.16. The van der Waals surface area contributed by atoms with Gasteiger partial charge in [-0.05, 0) is 60.5 Å². The molecule has 4 N–H and O–H groups in total. The van der Waals surface area contributed by atoms with Crippen LogP contribution in [0.3, 0.4) is 0 Å². The van der Waals surface area contributed by atoms with Crippen molar-refractivity contribution in [1.29, 1.82) is 0 Å². The minimum Gasteiger partial charge on any atom is -0.387 e. The zero-order valence-electron chi connectivity index (χ0n) is 26.7. The van der Waals surface area contributed by atoms with Crippen LogP contribution in [0.5, 0.6) is 0 Å². The minimum absolute atomic E-state index is 0.0627. The van der Waals surface area contributed by atoms with Gasteiger partial charge in [-0.1, -0.05) is 17.7 Å². The summed E-state index contributed by atoms with van der Waals surface area (Å²) >= 11 is 9.00. The molecule has 9 nitrogen and oxygen atoms in total. The number of amidine groups is 1. The van der Waals surface area contributed by atoms with Crippen molar-refractivity contribution in [2.45, 2.75) is 43.7 Å². The Morgan fingerprint density at radius 1 is 1.18 bits per heavy atom. The van der Waals surface area contributed by atoms with Crippen LogP contribution in [0.25, 0.3) is 21.5 Å². The fraction of sp³-hybridized carbons (Fsp3) is 0.303. The number of carbonyl (C=O) groups is 1. The Morgan fingerprint density at radius 2 is 1.92 bits per heavy atom. The van der Waals surface area contributed by atoms with Crippen LogP contribution < -0.4 is 16.4 Å². The monoisotopic (exact) mass is 764 g/mol. The van der Waals surface area contributed by atoms with Crippen LogP contribution in [0.15, 0.2) is 46.3 Å². The predicted octanol–water partition coefficient (Wildman–Crippen LogP) is 7.76. The highest BCUT2D eigenvalue weighted by molar-refractivity contribution is 7.97. The minimum atomic E-state index is -3.44. The summed E-state index contributed by atoms with van der Waals surface area (Å²) in [6, 6.07) is 6.79. The molecule has 1 amide bonds. The largest absolute Gasteiger partial charge is 0.387 e. The van der Waals surface area contributed by atoms with E-state index >= 15 is 8.78 Å². The molecular formula is C33H27ClF6N8OS2. The van der Waals surface area contributed by atoms with Gasteiger partial charge in [0.05, 0.1) is 38.2 Å². The first kappa shape index (κ1) is 35.1. The molecule has 3 atom stereocenters. The van der Waals surface area contributed by atoms with Crippen LogP contribution in [0.4, 0.5) is 32.0 Å². The number of anilines is 1. The van der Waals surface area contributed by atoms with E-state index in [9.17, 15) is 22.4 Å². The van der Waals surface area contributed by atoms with Crippen molar-refractivity contribution in [3.63, 3.8) is 0 Å². The lowest BCUT2D eigenvalue weighted by molar-refractivity contribution is -0.123. The second-order valence-corrected chi connectivity index (χ2v) is 14.0. The molecule has 2 aliphatic carbocycles. The summed E-state index contributed by atoms with van der Waals surface area (Å²) in [6.45, 7) is -0.832. The smallest absolute Gasteiger partial charge is 0.293 e. The van der Waals surface area contributed by atoms with Gasteiger partial charge in [0.25, 0.3) is 12.3 Å². The molecule has 0 bridgehead atoms. The molecule has 51 heavy (non-hydrogen) atoms. The summed E-state index contributed by atoms with van der Waals surface area (Å²) in [5.74, 6) is -7.80.